The van der Waals surface area contributed by atoms with Gasteiger partial charge in [0.25, 0.3) is 0 Å². The molecule has 2 saturated carbocycles. The van der Waals surface area contributed by atoms with Gasteiger partial charge in [0.15, 0.2) is 0 Å². The molecule has 0 aliphatic heterocycles. The van der Waals surface area contributed by atoms with Crippen molar-refractivity contribution in [3.05, 3.63) is 35.4 Å². The fourth-order valence-corrected chi connectivity index (χ4v) is 5.32. The lowest BCUT2D eigenvalue weighted by Gasteiger charge is -2.21. The Bertz CT molecular complexity index is 646. The number of hydrogen-bond acceptors (Lipinski definition) is 3. The summed E-state index contributed by atoms with van der Waals surface area (Å²) in [4.78, 5) is 0. The molecule has 2 aliphatic carbocycles. The highest BCUT2D eigenvalue weighted by Gasteiger charge is 2.35. The molecular weight excluding hydrogens is 334 g/mol. The predicted molar refractivity (Wildman–Crippen MR) is 101 cm³/mol. The van der Waals surface area contributed by atoms with Crippen LogP contribution in [-0.2, 0) is 14.8 Å². The smallest absolute Gasteiger partial charge is 0.212 e. The average molecular weight is 366 g/mol. The molecule has 3 rings (SSSR count). The van der Waals surface area contributed by atoms with Crippen molar-refractivity contribution in [2.75, 3.05) is 12.4 Å². The van der Waals surface area contributed by atoms with E-state index in [1.165, 1.54) is 18.4 Å². The standard InChI is InChI=1S/C20H31NO3S/c1-15-7-9-17(10-8-15)20(18-11-12-18)21-25(22,23)14-16(2)13-24-19-5-3-4-6-19/h7-10,16,18-21H,3-6,11-14H2,1-2H3/t16-,20+/m1/s1. The second kappa shape index (κ2) is 8.19. The van der Waals surface area contributed by atoms with Crippen molar-refractivity contribution >= 4 is 10.0 Å². The van der Waals surface area contributed by atoms with Crippen LogP contribution in [0.4, 0.5) is 0 Å². The van der Waals surface area contributed by atoms with E-state index in [2.05, 4.69) is 16.9 Å². The monoisotopic (exact) mass is 365 g/mol. The van der Waals surface area contributed by atoms with Gasteiger partial charge in [-0.05, 0) is 50.0 Å². The highest BCUT2D eigenvalue weighted by Crippen LogP contribution is 2.41. The summed E-state index contributed by atoms with van der Waals surface area (Å²) in [5.41, 5.74) is 2.27. The van der Waals surface area contributed by atoms with E-state index in [0.717, 1.165) is 31.2 Å². The number of sulfonamides is 1. The highest BCUT2D eigenvalue weighted by molar-refractivity contribution is 7.89. The van der Waals surface area contributed by atoms with E-state index >= 15 is 0 Å². The molecule has 25 heavy (non-hydrogen) atoms. The van der Waals surface area contributed by atoms with Crippen LogP contribution in [0.5, 0.6) is 0 Å². The molecule has 0 unspecified atom stereocenters. The molecule has 0 saturated heterocycles. The fraction of sp³-hybridized carbons (Fsp3) is 0.700. The summed E-state index contributed by atoms with van der Waals surface area (Å²) in [6, 6.07) is 8.11. The number of benzene rings is 1. The van der Waals surface area contributed by atoms with Gasteiger partial charge in [-0.15, -0.1) is 0 Å². The molecule has 0 spiro atoms. The minimum Gasteiger partial charge on any atom is -0.378 e. The highest BCUT2D eigenvalue weighted by atomic mass is 32.2. The quantitative estimate of drug-likeness (QED) is 0.721. The summed E-state index contributed by atoms with van der Waals surface area (Å²) >= 11 is 0. The second-order valence-electron chi connectivity index (χ2n) is 7.97. The van der Waals surface area contributed by atoms with Gasteiger partial charge < -0.3 is 4.74 Å². The Labute approximate surface area is 152 Å². The van der Waals surface area contributed by atoms with Crippen LogP contribution in [0.15, 0.2) is 24.3 Å². The van der Waals surface area contributed by atoms with Gasteiger partial charge in [0.1, 0.15) is 0 Å². The summed E-state index contributed by atoms with van der Waals surface area (Å²) in [5.74, 6) is 0.577. The largest absolute Gasteiger partial charge is 0.378 e. The van der Waals surface area contributed by atoms with E-state index in [1.807, 2.05) is 26.0 Å². The summed E-state index contributed by atoms with van der Waals surface area (Å²) < 4.78 is 34.2. The van der Waals surface area contributed by atoms with Crippen molar-refractivity contribution in [3.63, 3.8) is 0 Å². The number of rotatable bonds is 9. The molecule has 2 atom stereocenters. The molecule has 1 aromatic carbocycles. The van der Waals surface area contributed by atoms with Crippen molar-refractivity contribution < 1.29 is 13.2 Å². The first-order chi connectivity index (χ1) is 11.9. The maximum atomic E-state index is 12.7. The Morgan fingerprint density at radius 1 is 1.12 bits per heavy atom. The summed E-state index contributed by atoms with van der Waals surface area (Å²) in [5, 5.41) is 0. The van der Waals surface area contributed by atoms with Crippen LogP contribution in [0.25, 0.3) is 0 Å². The lowest BCUT2D eigenvalue weighted by atomic mass is 10.0. The molecule has 140 valence electrons. The molecule has 0 amide bonds. The molecule has 0 radical (unpaired) electrons. The van der Waals surface area contributed by atoms with Gasteiger partial charge in [0.2, 0.25) is 10.0 Å². The van der Waals surface area contributed by atoms with Gasteiger partial charge in [-0.2, -0.15) is 0 Å². The van der Waals surface area contributed by atoms with Crippen molar-refractivity contribution in [3.8, 4) is 0 Å². The van der Waals surface area contributed by atoms with E-state index in [1.54, 1.807) is 0 Å². The maximum Gasteiger partial charge on any atom is 0.212 e. The van der Waals surface area contributed by atoms with Crippen molar-refractivity contribution in [2.45, 2.75) is 64.5 Å². The van der Waals surface area contributed by atoms with Crippen LogP contribution < -0.4 is 4.72 Å². The van der Waals surface area contributed by atoms with Crippen LogP contribution in [0, 0.1) is 18.8 Å². The van der Waals surface area contributed by atoms with Crippen molar-refractivity contribution in [2.24, 2.45) is 11.8 Å². The zero-order valence-electron chi connectivity index (χ0n) is 15.4. The third-order valence-corrected chi connectivity index (χ3v) is 6.88. The number of aryl methyl sites for hydroxylation is 1. The predicted octanol–water partition coefficient (Wildman–Crippen LogP) is 3.96. The van der Waals surface area contributed by atoms with Gasteiger partial charge in [-0.1, -0.05) is 49.6 Å². The van der Waals surface area contributed by atoms with E-state index in [4.69, 9.17) is 4.74 Å². The van der Waals surface area contributed by atoms with Gasteiger partial charge in [0, 0.05) is 6.04 Å². The first-order valence-corrected chi connectivity index (χ1v) is 11.3. The average Bonchev–Trinajstić information content (AvgIpc) is 3.27. The van der Waals surface area contributed by atoms with Gasteiger partial charge in [-0.25, -0.2) is 13.1 Å². The van der Waals surface area contributed by atoms with Gasteiger partial charge in [0.05, 0.1) is 18.5 Å². The lowest BCUT2D eigenvalue weighted by molar-refractivity contribution is 0.0412. The van der Waals surface area contributed by atoms with Crippen molar-refractivity contribution in [1.82, 2.24) is 4.72 Å². The number of nitrogens with one attached hydrogen (secondary N) is 1. The van der Waals surface area contributed by atoms with Crippen LogP contribution in [0.1, 0.15) is 62.6 Å². The lowest BCUT2D eigenvalue weighted by Crippen LogP contribution is -2.34. The zero-order chi connectivity index (χ0) is 17.9. The molecule has 5 heteroatoms. The summed E-state index contributed by atoms with van der Waals surface area (Å²) in [6.45, 7) is 4.54. The van der Waals surface area contributed by atoms with Crippen LogP contribution >= 0.6 is 0 Å². The molecule has 1 aromatic rings. The SMILES string of the molecule is Cc1ccc([C@H](NS(=O)(=O)C[C@H](C)COC2CCCC2)C2CC2)cc1. The normalized spacial score (nSPS) is 21.4. The van der Waals surface area contributed by atoms with E-state index in [-0.39, 0.29) is 17.7 Å². The van der Waals surface area contributed by atoms with Gasteiger partial charge in [-0.3, -0.25) is 0 Å². The Kier molecular flexibility index (Phi) is 6.18. The number of hydrogen-bond donors (Lipinski definition) is 1. The second-order valence-corrected chi connectivity index (χ2v) is 9.77. The molecule has 0 heterocycles. The minimum absolute atomic E-state index is 0.0102. The third kappa shape index (κ3) is 5.80. The Morgan fingerprint density at radius 3 is 2.36 bits per heavy atom. The Hall–Kier alpha value is -0.910. The fourth-order valence-electron chi connectivity index (χ4n) is 3.66. The third-order valence-electron chi connectivity index (χ3n) is 5.26. The molecule has 0 aromatic heterocycles. The molecule has 0 bridgehead atoms. The topological polar surface area (TPSA) is 55.4 Å². The molecule has 1 N–H and O–H groups in total. The summed E-state index contributed by atoms with van der Waals surface area (Å²) in [7, 11) is -3.32. The van der Waals surface area contributed by atoms with E-state index in [0.29, 0.717) is 18.6 Å². The van der Waals surface area contributed by atoms with Gasteiger partial charge >= 0.3 is 0 Å². The van der Waals surface area contributed by atoms with Crippen LogP contribution in [-0.4, -0.2) is 26.9 Å². The maximum absolute atomic E-state index is 12.7. The van der Waals surface area contributed by atoms with Crippen LogP contribution in [0.3, 0.4) is 0 Å². The zero-order valence-corrected chi connectivity index (χ0v) is 16.2. The minimum atomic E-state index is -3.32. The van der Waals surface area contributed by atoms with E-state index < -0.39 is 10.0 Å². The summed E-state index contributed by atoms with van der Waals surface area (Å²) in [6.07, 6.45) is 7.24. The Morgan fingerprint density at radius 2 is 1.76 bits per heavy atom. The van der Waals surface area contributed by atoms with Crippen molar-refractivity contribution in [1.29, 1.82) is 0 Å². The first kappa shape index (κ1) is 18.9. The molecular formula is C20H31NO3S. The van der Waals surface area contributed by atoms with Crippen LogP contribution in [0.2, 0.25) is 0 Å². The Balaban J connectivity index is 1.55. The first-order valence-electron chi connectivity index (χ1n) is 9.61. The van der Waals surface area contributed by atoms with E-state index in [9.17, 15) is 8.42 Å². The molecule has 4 nitrogen and oxygen atoms in total. The molecule has 2 fully saturated rings. The number of ether oxygens (including phenoxy) is 1. The molecule has 2 aliphatic rings.